The van der Waals surface area contributed by atoms with Gasteiger partial charge in [0.1, 0.15) is 12.0 Å². The van der Waals surface area contributed by atoms with E-state index in [0.29, 0.717) is 13.0 Å². The van der Waals surface area contributed by atoms with Crippen molar-refractivity contribution in [1.82, 2.24) is 0 Å². The van der Waals surface area contributed by atoms with E-state index in [1.807, 2.05) is 25.1 Å². The Kier molecular flexibility index (Phi) is 4.99. The normalized spacial score (nSPS) is 12.2. The van der Waals surface area contributed by atoms with Gasteiger partial charge in [-0.15, -0.1) is 0 Å². The van der Waals surface area contributed by atoms with Crippen LogP contribution < -0.4 is 4.74 Å². The smallest absolute Gasteiger partial charge is 0.120 e. The fourth-order valence-electron chi connectivity index (χ4n) is 1.72. The molecule has 0 aromatic heterocycles. The molecule has 0 saturated heterocycles. The first kappa shape index (κ1) is 12.7. The lowest BCUT2D eigenvalue weighted by Crippen LogP contribution is -2.02. The molecule has 0 spiro atoms. The molecule has 1 rings (SSSR count). The minimum atomic E-state index is 0.192. The van der Waals surface area contributed by atoms with E-state index in [-0.39, 0.29) is 5.92 Å². The van der Waals surface area contributed by atoms with Crippen LogP contribution in [0.15, 0.2) is 18.2 Å². The molecule has 3 heteroatoms. The third kappa shape index (κ3) is 3.07. The molecule has 1 aromatic carbocycles. The second-order valence-corrected chi connectivity index (χ2v) is 3.80. The van der Waals surface area contributed by atoms with Crippen LogP contribution in [0.2, 0.25) is 0 Å². The van der Waals surface area contributed by atoms with Crippen molar-refractivity contribution in [2.75, 3.05) is 14.2 Å². The summed E-state index contributed by atoms with van der Waals surface area (Å²) in [5.41, 5.74) is 2.23. The van der Waals surface area contributed by atoms with Gasteiger partial charge in [-0.1, -0.05) is 13.0 Å². The van der Waals surface area contributed by atoms with Gasteiger partial charge < -0.3 is 14.3 Å². The number of carbonyl (C=O) groups excluding carboxylic acids is 1. The minimum absolute atomic E-state index is 0.192. The maximum absolute atomic E-state index is 10.5. The highest BCUT2D eigenvalue weighted by Crippen LogP contribution is 2.27. The van der Waals surface area contributed by atoms with Crippen molar-refractivity contribution >= 4 is 6.29 Å². The van der Waals surface area contributed by atoms with Gasteiger partial charge in [-0.05, 0) is 29.2 Å². The van der Waals surface area contributed by atoms with Crippen LogP contribution in [-0.4, -0.2) is 20.5 Å². The van der Waals surface area contributed by atoms with E-state index in [2.05, 4.69) is 0 Å². The molecule has 0 saturated carbocycles. The topological polar surface area (TPSA) is 35.5 Å². The highest BCUT2D eigenvalue weighted by Gasteiger charge is 2.11. The summed E-state index contributed by atoms with van der Waals surface area (Å²) in [7, 11) is 3.30. The number of rotatable bonds is 6. The van der Waals surface area contributed by atoms with E-state index < -0.39 is 0 Å². The van der Waals surface area contributed by atoms with Crippen molar-refractivity contribution in [2.24, 2.45) is 0 Å². The number of hydrogen-bond acceptors (Lipinski definition) is 3. The Morgan fingerprint density at radius 3 is 2.69 bits per heavy atom. The van der Waals surface area contributed by atoms with Crippen LogP contribution in [-0.2, 0) is 16.1 Å². The summed E-state index contributed by atoms with van der Waals surface area (Å²) in [5.74, 6) is 1.00. The molecule has 0 heterocycles. The van der Waals surface area contributed by atoms with Gasteiger partial charge in [-0.3, -0.25) is 0 Å². The lowest BCUT2D eigenvalue weighted by atomic mass is 9.93. The monoisotopic (exact) mass is 222 g/mol. The van der Waals surface area contributed by atoms with Crippen LogP contribution in [0.4, 0.5) is 0 Å². The largest absolute Gasteiger partial charge is 0.497 e. The van der Waals surface area contributed by atoms with Crippen LogP contribution in [0.1, 0.15) is 30.4 Å². The fraction of sp³-hybridized carbons (Fsp3) is 0.462. The quantitative estimate of drug-likeness (QED) is 0.694. The standard InChI is InChI=1S/C13H18O3/c1-10(6-7-14)13-8-12(16-3)5-4-11(13)9-15-2/h4-5,7-8,10H,6,9H2,1-3H3. The Morgan fingerprint density at radius 1 is 1.38 bits per heavy atom. The molecule has 0 N–H and O–H groups in total. The van der Waals surface area contributed by atoms with Gasteiger partial charge in [0.25, 0.3) is 0 Å². The van der Waals surface area contributed by atoms with Crippen LogP contribution in [0.25, 0.3) is 0 Å². The van der Waals surface area contributed by atoms with Crippen molar-refractivity contribution in [1.29, 1.82) is 0 Å². The number of benzene rings is 1. The van der Waals surface area contributed by atoms with Crippen molar-refractivity contribution in [3.63, 3.8) is 0 Å². The Hall–Kier alpha value is -1.35. The Morgan fingerprint density at radius 2 is 2.12 bits per heavy atom. The molecule has 1 aromatic rings. The number of aldehydes is 1. The zero-order chi connectivity index (χ0) is 12.0. The third-order valence-electron chi connectivity index (χ3n) is 2.63. The molecule has 0 radical (unpaired) electrons. The zero-order valence-corrected chi connectivity index (χ0v) is 10.0. The van der Waals surface area contributed by atoms with Crippen LogP contribution in [0.3, 0.4) is 0 Å². The van der Waals surface area contributed by atoms with Crippen molar-refractivity contribution in [3.8, 4) is 5.75 Å². The van der Waals surface area contributed by atoms with E-state index >= 15 is 0 Å². The highest BCUT2D eigenvalue weighted by atomic mass is 16.5. The lowest BCUT2D eigenvalue weighted by Gasteiger charge is -2.15. The first-order valence-corrected chi connectivity index (χ1v) is 5.32. The summed E-state index contributed by atoms with van der Waals surface area (Å²) in [4.78, 5) is 10.5. The zero-order valence-electron chi connectivity index (χ0n) is 10.0. The molecule has 0 aliphatic carbocycles. The average Bonchev–Trinajstić information content (AvgIpc) is 2.30. The van der Waals surface area contributed by atoms with Crippen LogP contribution in [0.5, 0.6) is 5.75 Å². The van der Waals surface area contributed by atoms with Gasteiger partial charge in [0.15, 0.2) is 0 Å². The molecular formula is C13H18O3. The van der Waals surface area contributed by atoms with E-state index in [9.17, 15) is 4.79 Å². The maximum atomic E-state index is 10.5. The SMILES string of the molecule is COCc1ccc(OC)cc1C(C)CC=O. The van der Waals surface area contributed by atoms with Crippen molar-refractivity contribution in [2.45, 2.75) is 25.9 Å². The van der Waals surface area contributed by atoms with Gasteiger partial charge >= 0.3 is 0 Å². The summed E-state index contributed by atoms with van der Waals surface area (Å²) in [6, 6.07) is 5.87. The Bertz CT molecular complexity index is 347. The molecule has 1 atom stereocenters. The molecular weight excluding hydrogens is 204 g/mol. The van der Waals surface area contributed by atoms with Crippen LogP contribution >= 0.6 is 0 Å². The molecule has 0 fully saturated rings. The predicted molar refractivity (Wildman–Crippen MR) is 62.8 cm³/mol. The average molecular weight is 222 g/mol. The summed E-state index contributed by atoms with van der Waals surface area (Å²) in [5, 5.41) is 0. The lowest BCUT2D eigenvalue weighted by molar-refractivity contribution is -0.108. The van der Waals surface area contributed by atoms with E-state index in [0.717, 1.165) is 23.2 Å². The molecule has 1 unspecified atom stereocenters. The maximum Gasteiger partial charge on any atom is 0.120 e. The molecule has 16 heavy (non-hydrogen) atoms. The molecule has 0 aliphatic heterocycles. The highest BCUT2D eigenvalue weighted by molar-refractivity contribution is 5.52. The Labute approximate surface area is 96.4 Å². The van der Waals surface area contributed by atoms with Gasteiger partial charge in [0.2, 0.25) is 0 Å². The fourth-order valence-corrected chi connectivity index (χ4v) is 1.72. The van der Waals surface area contributed by atoms with Gasteiger partial charge in [-0.2, -0.15) is 0 Å². The molecule has 0 amide bonds. The number of hydrogen-bond donors (Lipinski definition) is 0. The van der Waals surface area contributed by atoms with E-state index in [4.69, 9.17) is 9.47 Å². The number of carbonyl (C=O) groups is 1. The van der Waals surface area contributed by atoms with Gasteiger partial charge in [0.05, 0.1) is 13.7 Å². The van der Waals surface area contributed by atoms with Crippen LogP contribution in [0, 0.1) is 0 Å². The Balaban J connectivity index is 3.03. The third-order valence-corrected chi connectivity index (χ3v) is 2.63. The number of ether oxygens (including phenoxy) is 2. The van der Waals surface area contributed by atoms with Gasteiger partial charge in [-0.25, -0.2) is 0 Å². The second kappa shape index (κ2) is 6.28. The summed E-state index contributed by atoms with van der Waals surface area (Å²) >= 11 is 0. The minimum Gasteiger partial charge on any atom is -0.497 e. The second-order valence-electron chi connectivity index (χ2n) is 3.80. The predicted octanol–water partition coefficient (Wildman–Crippen LogP) is 2.53. The molecule has 88 valence electrons. The van der Waals surface area contributed by atoms with E-state index in [1.165, 1.54) is 0 Å². The van der Waals surface area contributed by atoms with Crippen molar-refractivity contribution in [3.05, 3.63) is 29.3 Å². The summed E-state index contributed by atoms with van der Waals surface area (Å²) < 4.78 is 10.3. The first-order chi connectivity index (χ1) is 7.72. The van der Waals surface area contributed by atoms with Gasteiger partial charge in [0, 0.05) is 13.5 Å². The van der Waals surface area contributed by atoms with E-state index in [1.54, 1.807) is 14.2 Å². The first-order valence-electron chi connectivity index (χ1n) is 5.32. The van der Waals surface area contributed by atoms with Crippen molar-refractivity contribution < 1.29 is 14.3 Å². The summed E-state index contributed by atoms with van der Waals surface area (Å²) in [6.07, 6.45) is 1.46. The number of methoxy groups -OCH3 is 2. The molecule has 3 nitrogen and oxygen atoms in total. The summed E-state index contributed by atoms with van der Waals surface area (Å²) in [6.45, 7) is 2.59. The molecule has 0 bridgehead atoms. The molecule has 0 aliphatic rings.